The number of rotatable bonds is 1. The number of ether oxygens (including phenoxy) is 1. The zero-order valence-electron chi connectivity index (χ0n) is 7.32. The summed E-state index contributed by atoms with van der Waals surface area (Å²) in [5, 5.41) is 0. The third kappa shape index (κ3) is 0.959. The van der Waals surface area contributed by atoms with E-state index in [0.717, 1.165) is 12.8 Å². The number of hydrogen-bond donors (Lipinski definition) is 1. The summed E-state index contributed by atoms with van der Waals surface area (Å²) in [5.74, 6) is 0.986. The Kier molecular flexibility index (Phi) is 1.83. The Morgan fingerprint density at radius 1 is 1.42 bits per heavy atom. The van der Waals surface area contributed by atoms with Crippen molar-refractivity contribution in [1.29, 1.82) is 0 Å². The first-order chi connectivity index (χ1) is 5.74. The van der Waals surface area contributed by atoms with Crippen molar-refractivity contribution in [2.45, 2.75) is 25.3 Å². The van der Waals surface area contributed by atoms with Gasteiger partial charge in [0, 0.05) is 6.04 Å². The van der Waals surface area contributed by atoms with Crippen LogP contribution < -0.4 is 5.73 Å². The molecule has 3 heteroatoms. The fraction of sp³-hybridized carbons (Fsp3) is 0.889. The van der Waals surface area contributed by atoms with Crippen molar-refractivity contribution in [2.24, 2.45) is 23.5 Å². The summed E-state index contributed by atoms with van der Waals surface area (Å²) in [6.07, 6.45) is 3.51. The molecule has 0 aromatic carbocycles. The summed E-state index contributed by atoms with van der Waals surface area (Å²) in [4.78, 5) is 11.3. The zero-order chi connectivity index (χ0) is 8.72. The van der Waals surface area contributed by atoms with Crippen LogP contribution in [0.25, 0.3) is 0 Å². The molecule has 0 aromatic heterocycles. The highest BCUT2D eigenvalue weighted by atomic mass is 16.5. The van der Waals surface area contributed by atoms with Crippen LogP contribution in [0.2, 0.25) is 0 Å². The second-order valence-corrected chi connectivity index (χ2v) is 3.96. The molecule has 2 bridgehead atoms. The topological polar surface area (TPSA) is 52.3 Å². The van der Waals surface area contributed by atoms with E-state index in [4.69, 9.17) is 10.5 Å². The number of methoxy groups -OCH3 is 1. The molecule has 2 rings (SSSR count). The Balaban J connectivity index is 2.12. The van der Waals surface area contributed by atoms with Crippen LogP contribution in [0, 0.1) is 17.8 Å². The third-order valence-electron chi connectivity index (χ3n) is 3.45. The lowest BCUT2D eigenvalue weighted by Gasteiger charge is -2.25. The van der Waals surface area contributed by atoms with E-state index in [0.29, 0.717) is 11.8 Å². The Labute approximate surface area is 72.3 Å². The van der Waals surface area contributed by atoms with Crippen LogP contribution in [0.15, 0.2) is 0 Å². The first-order valence-electron chi connectivity index (χ1n) is 4.57. The molecule has 0 radical (unpaired) electrons. The van der Waals surface area contributed by atoms with Gasteiger partial charge in [-0.05, 0) is 31.1 Å². The van der Waals surface area contributed by atoms with Gasteiger partial charge in [-0.25, -0.2) is 0 Å². The van der Waals surface area contributed by atoms with E-state index in [-0.39, 0.29) is 17.9 Å². The van der Waals surface area contributed by atoms with Crippen LogP contribution >= 0.6 is 0 Å². The lowest BCUT2D eigenvalue weighted by atomic mass is 9.85. The fourth-order valence-electron chi connectivity index (χ4n) is 2.82. The smallest absolute Gasteiger partial charge is 0.310 e. The van der Waals surface area contributed by atoms with E-state index in [1.165, 1.54) is 13.5 Å². The SMILES string of the molecule is COC(=O)[C@@H]1C2CCC(C2)C1N. The van der Waals surface area contributed by atoms with E-state index in [1.807, 2.05) is 0 Å². The largest absolute Gasteiger partial charge is 0.469 e. The van der Waals surface area contributed by atoms with Crippen LogP contribution in [-0.4, -0.2) is 19.1 Å². The molecule has 3 unspecified atom stereocenters. The normalized spacial score (nSPS) is 44.8. The van der Waals surface area contributed by atoms with Crippen molar-refractivity contribution >= 4 is 5.97 Å². The number of carbonyl (C=O) groups excluding carboxylic acids is 1. The number of esters is 1. The van der Waals surface area contributed by atoms with Crippen LogP contribution in [0.4, 0.5) is 0 Å². The minimum Gasteiger partial charge on any atom is -0.469 e. The standard InChI is InChI=1S/C9H15NO2/c1-12-9(11)7-5-2-3-6(4-5)8(7)10/h5-8H,2-4,10H2,1H3/t5?,6?,7-,8?/m1/s1. The van der Waals surface area contributed by atoms with Gasteiger partial charge >= 0.3 is 5.97 Å². The molecule has 0 heterocycles. The molecule has 68 valence electrons. The average molecular weight is 169 g/mol. The summed E-state index contributed by atoms with van der Waals surface area (Å²) in [7, 11) is 1.45. The predicted molar refractivity (Wildman–Crippen MR) is 44.3 cm³/mol. The molecular weight excluding hydrogens is 154 g/mol. The van der Waals surface area contributed by atoms with E-state index in [2.05, 4.69) is 0 Å². The molecule has 0 amide bonds. The lowest BCUT2D eigenvalue weighted by molar-refractivity contribution is -0.147. The van der Waals surface area contributed by atoms with Crippen molar-refractivity contribution in [3.8, 4) is 0 Å². The van der Waals surface area contributed by atoms with E-state index < -0.39 is 0 Å². The quantitative estimate of drug-likeness (QED) is 0.583. The Morgan fingerprint density at radius 2 is 2.08 bits per heavy atom. The molecule has 2 saturated carbocycles. The monoisotopic (exact) mass is 169 g/mol. The van der Waals surface area contributed by atoms with Gasteiger partial charge in [0.15, 0.2) is 0 Å². The maximum atomic E-state index is 11.3. The Hall–Kier alpha value is -0.570. The van der Waals surface area contributed by atoms with Gasteiger partial charge < -0.3 is 10.5 Å². The van der Waals surface area contributed by atoms with Crippen molar-refractivity contribution in [3.63, 3.8) is 0 Å². The molecule has 2 N–H and O–H groups in total. The first-order valence-corrected chi connectivity index (χ1v) is 4.57. The maximum Gasteiger partial charge on any atom is 0.310 e. The molecule has 2 fully saturated rings. The van der Waals surface area contributed by atoms with E-state index in [1.54, 1.807) is 0 Å². The third-order valence-corrected chi connectivity index (χ3v) is 3.45. The maximum absolute atomic E-state index is 11.3. The molecule has 0 spiro atoms. The van der Waals surface area contributed by atoms with Gasteiger partial charge in [-0.2, -0.15) is 0 Å². The van der Waals surface area contributed by atoms with Gasteiger partial charge in [0.2, 0.25) is 0 Å². The molecular formula is C9H15NO2. The van der Waals surface area contributed by atoms with Crippen LogP contribution in [0.1, 0.15) is 19.3 Å². The highest BCUT2D eigenvalue weighted by molar-refractivity contribution is 5.74. The van der Waals surface area contributed by atoms with Gasteiger partial charge in [-0.1, -0.05) is 0 Å². The van der Waals surface area contributed by atoms with Gasteiger partial charge in [0.25, 0.3) is 0 Å². The number of nitrogens with two attached hydrogens (primary N) is 1. The summed E-state index contributed by atoms with van der Waals surface area (Å²) in [5.41, 5.74) is 5.94. The number of hydrogen-bond acceptors (Lipinski definition) is 3. The highest BCUT2D eigenvalue weighted by Gasteiger charge is 2.49. The van der Waals surface area contributed by atoms with Gasteiger partial charge in [-0.15, -0.1) is 0 Å². The predicted octanol–water partition coefficient (Wildman–Crippen LogP) is 0.533. The van der Waals surface area contributed by atoms with Gasteiger partial charge in [-0.3, -0.25) is 4.79 Å². The van der Waals surface area contributed by atoms with Gasteiger partial charge in [0.1, 0.15) is 0 Å². The molecule has 12 heavy (non-hydrogen) atoms. The first kappa shape index (κ1) is 8.05. The summed E-state index contributed by atoms with van der Waals surface area (Å²) in [6, 6.07) is 0.0659. The molecule has 0 saturated heterocycles. The van der Waals surface area contributed by atoms with Crippen LogP contribution in [-0.2, 0) is 9.53 Å². The van der Waals surface area contributed by atoms with Crippen molar-refractivity contribution < 1.29 is 9.53 Å². The molecule has 0 aromatic rings. The number of fused-ring (bicyclic) bond motifs is 2. The Morgan fingerprint density at radius 3 is 2.58 bits per heavy atom. The average Bonchev–Trinajstić information content (AvgIpc) is 2.63. The van der Waals surface area contributed by atoms with E-state index >= 15 is 0 Å². The summed E-state index contributed by atoms with van der Waals surface area (Å²) >= 11 is 0. The summed E-state index contributed by atoms with van der Waals surface area (Å²) in [6.45, 7) is 0. The second-order valence-electron chi connectivity index (χ2n) is 3.96. The lowest BCUT2D eigenvalue weighted by Crippen LogP contribution is -2.40. The van der Waals surface area contributed by atoms with E-state index in [9.17, 15) is 4.79 Å². The Bertz CT molecular complexity index is 203. The minimum absolute atomic E-state index is 0.00579. The molecule has 2 aliphatic carbocycles. The molecule has 2 aliphatic rings. The van der Waals surface area contributed by atoms with Crippen molar-refractivity contribution in [2.75, 3.05) is 7.11 Å². The zero-order valence-corrected chi connectivity index (χ0v) is 7.32. The minimum atomic E-state index is -0.102. The van der Waals surface area contributed by atoms with Crippen molar-refractivity contribution in [3.05, 3.63) is 0 Å². The summed E-state index contributed by atoms with van der Waals surface area (Å²) < 4.78 is 4.74. The fourth-order valence-corrected chi connectivity index (χ4v) is 2.82. The van der Waals surface area contributed by atoms with Gasteiger partial charge in [0.05, 0.1) is 13.0 Å². The van der Waals surface area contributed by atoms with Crippen LogP contribution in [0.5, 0.6) is 0 Å². The number of carbonyl (C=O) groups is 1. The molecule has 3 nitrogen and oxygen atoms in total. The highest BCUT2D eigenvalue weighted by Crippen LogP contribution is 2.47. The second kappa shape index (κ2) is 2.73. The molecule has 4 atom stereocenters. The van der Waals surface area contributed by atoms with Crippen molar-refractivity contribution in [1.82, 2.24) is 0 Å². The van der Waals surface area contributed by atoms with Crippen LogP contribution in [0.3, 0.4) is 0 Å². The molecule has 0 aliphatic heterocycles.